The maximum atomic E-state index is 12.4. The number of benzene rings is 1. The van der Waals surface area contributed by atoms with Crippen LogP contribution in [0.1, 0.15) is 5.56 Å². The zero-order valence-electron chi connectivity index (χ0n) is 16.6. The summed E-state index contributed by atoms with van der Waals surface area (Å²) in [5.74, 6) is 0.671. The number of halogens is 4. The average Bonchev–Trinajstić information content (AvgIpc) is 2.74. The third kappa shape index (κ3) is 6.92. The van der Waals surface area contributed by atoms with E-state index in [1.54, 1.807) is 19.2 Å². The monoisotopic (exact) mass is 535 g/mol. The van der Waals surface area contributed by atoms with Crippen LogP contribution in [0.15, 0.2) is 53.7 Å². The zero-order chi connectivity index (χ0) is 20.7. The molecule has 1 aromatic carbocycles. The predicted molar refractivity (Wildman–Crippen MR) is 122 cm³/mol. The average molecular weight is 535 g/mol. The second-order valence-corrected chi connectivity index (χ2v) is 6.58. The molecule has 0 radical (unpaired) electrons. The lowest BCUT2D eigenvalue weighted by Crippen LogP contribution is -2.52. The Morgan fingerprint density at radius 3 is 2.43 bits per heavy atom. The maximum absolute atomic E-state index is 12.4. The van der Waals surface area contributed by atoms with Crippen LogP contribution in [0, 0.1) is 0 Å². The van der Waals surface area contributed by atoms with Crippen molar-refractivity contribution in [2.75, 3.05) is 44.7 Å². The van der Waals surface area contributed by atoms with E-state index in [4.69, 9.17) is 4.74 Å². The van der Waals surface area contributed by atoms with Gasteiger partial charge in [0.25, 0.3) is 0 Å². The molecule has 0 amide bonds. The van der Waals surface area contributed by atoms with Gasteiger partial charge < -0.3 is 19.9 Å². The fraction of sp³-hybridized carbons (Fsp3) is 0.400. The third-order valence-corrected chi connectivity index (χ3v) is 4.57. The van der Waals surface area contributed by atoms with E-state index >= 15 is 0 Å². The lowest BCUT2D eigenvalue weighted by molar-refractivity contribution is -0.154. The summed E-state index contributed by atoms with van der Waals surface area (Å²) >= 11 is 0. The van der Waals surface area contributed by atoms with E-state index in [9.17, 15) is 13.2 Å². The molecule has 0 unspecified atom stereocenters. The van der Waals surface area contributed by atoms with E-state index in [0.717, 1.165) is 26.2 Å². The Bertz CT molecular complexity index is 812. The molecule has 1 aromatic heterocycles. The molecule has 2 aromatic rings. The number of para-hydroxylation sites is 1. The molecule has 6 nitrogen and oxygen atoms in total. The lowest BCUT2D eigenvalue weighted by Gasteiger charge is -2.37. The van der Waals surface area contributed by atoms with Crippen molar-refractivity contribution in [2.45, 2.75) is 12.7 Å². The number of piperazine rings is 1. The molecule has 1 aliphatic heterocycles. The number of nitrogens with one attached hydrogen (secondary N) is 1. The summed E-state index contributed by atoms with van der Waals surface area (Å²) in [5.41, 5.74) is 1.73. The van der Waals surface area contributed by atoms with Gasteiger partial charge in [-0.15, -0.1) is 24.0 Å². The minimum Gasteiger partial charge on any atom is -0.468 e. The van der Waals surface area contributed by atoms with Crippen LogP contribution in [0.25, 0.3) is 0 Å². The first-order chi connectivity index (χ1) is 14.0. The number of rotatable bonds is 5. The van der Waals surface area contributed by atoms with Crippen LogP contribution >= 0.6 is 24.0 Å². The lowest BCUT2D eigenvalue weighted by atomic mass is 10.2. The largest absolute Gasteiger partial charge is 0.468 e. The minimum atomic E-state index is -4.41. The molecule has 0 atom stereocenters. The van der Waals surface area contributed by atoms with Gasteiger partial charge in [-0.3, -0.25) is 4.99 Å². The summed E-state index contributed by atoms with van der Waals surface area (Å²) < 4.78 is 42.2. The standard InChI is InChI=1S/C20H24F3N5O.HI/c1-24-19(28-12-10-27(11-13-28)17-7-3-2-4-8-17)26-14-16-6-5-9-25-18(16)29-15-20(21,22)23;/h2-9H,10-15H2,1H3,(H,24,26);1H. The molecule has 164 valence electrons. The van der Waals surface area contributed by atoms with Gasteiger partial charge in [-0.2, -0.15) is 13.2 Å². The molecule has 0 spiro atoms. The minimum absolute atomic E-state index is 0. The topological polar surface area (TPSA) is 53.0 Å². The van der Waals surface area contributed by atoms with Crippen molar-refractivity contribution in [1.82, 2.24) is 15.2 Å². The van der Waals surface area contributed by atoms with E-state index in [1.165, 1.54) is 11.9 Å². The smallest absolute Gasteiger partial charge is 0.422 e. The van der Waals surface area contributed by atoms with Crippen LogP contribution in [-0.4, -0.2) is 61.9 Å². The highest BCUT2D eigenvalue weighted by atomic mass is 127. The second kappa shape index (κ2) is 11.2. The molecule has 2 heterocycles. The van der Waals surface area contributed by atoms with Crippen LogP contribution in [0.4, 0.5) is 18.9 Å². The Kier molecular flexibility index (Phi) is 9.00. The van der Waals surface area contributed by atoms with Crippen molar-refractivity contribution in [3.8, 4) is 5.88 Å². The summed E-state index contributed by atoms with van der Waals surface area (Å²) in [5, 5.41) is 3.20. The number of hydrogen-bond acceptors (Lipinski definition) is 4. The van der Waals surface area contributed by atoms with Gasteiger partial charge in [0.1, 0.15) is 0 Å². The quantitative estimate of drug-likeness (QED) is 0.361. The first-order valence-corrected chi connectivity index (χ1v) is 9.35. The molecule has 1 fully saturated rings. The molecule has 1 aliphatic rings. The molecular formula is C20H25F3IN5O. The molecule has 3 rings (SSSR count). The van der Waals surface area contributed by atoms with E-state index in [-0.39, 0.29) is 36.4 Å². The number of alkyl halides is 3. The number of aliphatic imine (C=N–C) groups is 1. The summed E-state index contributed by atoms with van der Waals surface area (Å²) in [4.78, 5) is 12.7. The summed E-state index contributed by atoms with van der Waals surface area (Å²) in [6.07, 6.45) is -3.00. The number of pyridine rings is 1. The predicted octanol–water partition coefficient (Wildman–Crippen LogP) is 3.54. The fourth-order valence-corrected chi connectivity index (χ4v) is 3.16. The summed E-state index contributed by atoms with van der Waals surface area (Å²) in [7, 11) is 1.69. The van der Waals surface area contributed by atoms with Crippen LogP contribution in [0.3, 0.4) is 0 Å². The molecule has 1 saturated heterocycles. The van der Waals surface area contributed by atoms with Crippen molar-refractivity contribution in [3.63, 3.8) is 0 Å². The van der Waals surface area contributed by atoms with Gasteiger partial charge in [-0.1, -0.05) is 24.3 Å². The van der Waals surface area contributed by atoms with Gasteiger partial charge in [-0.05, 0) is 18.2 Å². The van der Waals surface area contributed by atoms with Gasteiger partial charge in [0.15, 0.2) is 12.6 Å². The molecular weight excluding hydrogens is 510 g/mol. The van der Waals surface area contributed by atoms with Crippen molar-refractivity contribution >= 4 is 35.6 Å². The zero-order valence-corrected chi connectivity index (χ0v) is 18.9. The number of ether oxygens (including phenoxy) is 1. The van der Waals surface area contributed by atoms with Gasteiger partial charge >= 0.3 is 6.18 Å². The Balaban J connectivity index is 0.00000320. The number of guanidine groups is 1. The van der Waals surface area contributed by atoms with Crippen molar-refractivity contribution in [2.24, 2.45) is 4.99 Å². The molecule has 0 aliphatic carbocycles. The van der Waals surface area contributed by atoms with E-state index in [0.29, 0.717) is 11.5 Å². The number of hydrogen-bond donors (Lipinski definition) is 1. The molecule has 1 N–H and O–H groups in total. The van der Waals surface area contributed by atoms with Gasteiger partial charge in [0.05, 0.1) is 0 Å². The highest BCUT2D eigenvalue weighted by molar-refractivity contribution is 14.0. The van der Waals surface area contributed by atoms with E-state index < -0.39 is 12.8 Å². The van der Waals surface area contributed by atoms with Gasteiger partial charge in [-0.25, -0.2) is 4.98 Å². The van der Waals surface area contributed by atoms with Crippen LogP contribution < -0.4 is 15.0 Å². The SMILES string of the molecule is CN=C(NCc1cccnc1OCC(F)(F)F)N1CCN(c2ccccc2)CC1.I. The first kappa shape index (κ1) is 24.0. The van der Waals surface area contributed by atoms with Crippen molar-refractivity contribution < 1.29 is 17.9 Å². The summed E-state index contributed by atoms with van der Waals surface area (Å²) in [6, 6.07) is 13.6. The Morgan fingerprint density at radius 1 is 1.10 bits per heavy atom. The van der Waals surface area contributed by atoms with Gasteiger partial charge in [0, 0.05) is 57.2 Å². The van der Waals surface area contributed by atoms with E-state index in [2.05, 4.69) is 37.2 Å². The number of nitrogens with zero attached hydrogens (tertiary/aromatic N) is 4. The molecule has 0 saturated carbocycles. The fourth-order valence-electron chi connectivity index (χ4n) is 3.16. The third-order valence-electron chi connectivity index (χ3n) is 4.57. The number of anilines is 1. The molecule has 10 heteroatoms. The molecule has 0 bridgehead atoms. The van der Waals surface area contributed by atoms with E-state index in [1.807, 2.05) is 18.2 Å². The van der Waals surface area contributed by atoms with Crippen molar-refractivity contribution in [3.05, 3.63) is 54.2 Å². The van der Waals surface area contributed by atoms with Crippen LogP contribution in [0.2, 0.25) is 0 Å². The highest BCUT2D eigenvalue weighted by Gasteiger charge is 2.29. The summed E-state index contributed by atoms with van der Waals surface area (Å²) in [6.45, 7) is 2.20. The molecule has 30 heavy (non-hydrogen) atoms. The first-order valence-electron chi connectivity index (χ1n) is 9.35. The van der Waals surface area contributed by atoms with Crippen LogP contribution in [-0.2, 0) is 6.54 Å². The van der Waals surface area contributed by atoms with Crippen LogP contribution in [0.5, 0.6) is 5.88 Å². The Labute approximate surface area is 191 Å². The number of aromatic nitrogens is 1. The Hall–Kier alpha value is -2.24. The Morgan fingerprint density at radius 2 is 1.80 bits per heavy atom. The maximum Gasteiger partial charge on any atom is 0.422 e. The van der Waals surface area contributed by atoms with Gasteiger partial charge in [0.2, 0.25) is 5.88 Å². The van der Waals surface area contributed by atoms with Crippen molar-refractivity contribution in [1.29, 1.82) is 0 Å². The normalized spacial score (nSPS) is 14.9. The second-order valence-electron chi connectivity index (χ2n) is 6.58. The highest BCUT2D eigenvalue weighted by Crippen LogP contribution is 2.20.